The second-order valence-corrected chi connectivity index (χ2v) is 9.44. The molecule has 0 spiro atoms. The van der Waals surface area contributed by atoms with Crippen LogP contribution in [0.4, 0.5) is 5.69 Å². The van der Waals surface area contributed by atoms with Gasteiger partial charge in [-0.25, -0.2) is 4.99 Å². The lowest BCUT2D eigenvalue weighted by Crippen LogP contribution is -2.34. The first-order valence-electron chi connectivity index (χ1n) is 12.8. The number of amidine groups is 1. The second-order valence-electron chi connectivity index (χ2n) is 9.44. The van der Waals surface area contributed by atoms with E-state index in [2.05, 4.69) is 18.8 Å². The van der Waals surface area contributed by atoms with E-state index in [1.807, 2.05) is 54.3 Å². The minimum atomic E-state index is -0.0971. The first kappa shape index (κ1) is 25.4. The number of nitrogens with two attached hydrogens (primary N) is 1. The normalized spacial score (nSPS) is 14.5. The third-order valence-electron chi connectivity index (χ3n) is 6.62. The van der Waals surface area contributed by atoms with Crippen LogP contribution in [0.15, 0.2) is 47.0 Å². The van der Waals surface area contributed by atoms with Crippen LogP contribution in [0.1, 0.15) is 67.9 Å². The van der Waals surface area contributed by atoms with E-state index in [-0.39, 0.29) is 24.1 Å². The van der Waals surface area contributed by atoms with E-state index < -0.39 is 0 Å². The van der Waals surface area contributed by atoms with Gasteiger partial charge in [-0.1, -0.05) is 39.0 Å². The first-order valence-corrected chi connectivity index (χ1v) is 12.8. The second kappa shape index (κ2) is 10.9. The Balaban J connectivity index is 1.62. The van der Waals surface area contributed by atoms with Crippen LogP contribution in [0, 0.1) is 0 Å². The summed E-state index contributed by atoms with van der Waals surface area (Å²) in [6.45, 7) is 7.97. The topological polar surface area (TPSA) is 96.1 Å². The van der Waals surface area contributed by atoms with Crippen molar-refractivity contribution < 1.29 is 14.4 Å². The van der Waals surface area contributed by atoms with Crippen LogP contribution in [0.25, 0.3) is 17.2 Å². The maximum absolute atomic E-state index is 13.2. The lowest BCUT2D eigenvalue weighted by molar-refractivity contribution is -0.127. The molecular formula is C29H34N4O3. The molecule has 0 bridgehead atoms. The van der Waals surface area contributed by atoms with Gasteiger partial charge in [0.15, 0.2) is 5.78 Å². The van der Waals surface area contributed by atoms with Crippen molar-refractivity contribution in [2.75, 3.05) is 19.6 Å². The van der Waals surface area contributed by atoms with Gasteiger partial charge in [0.2, 0.25) is 5.91 Å². The van der Waals surface area contributed by atoms with E-state index in [4.69, 9.17) is 5.73 Å². The smallest absolute Gasteiger partial charge is 0.254 e. The molecule has 2 aliphatic heterocycles. The molecule has 36 heavy (non-hydrogen) atoms. The molecular weight excluding hydrogens is 452 g/mol. The summed E-state index contributed by atoms with van der Waals surface area (Å²) in [4.78, 5) is 45.9. The Morgan fingerprint density at radius 3 is 2.42 bits per heavy atom. The highest BCUT2D eigenvalue weighted by Gasteiger charge is 2.28. The maximum atomic E-state index is 13.2. The van der Waals surface area contributed by atoms with E-state index in [9.17, 15) is 14.4 Å². The van der Waals surface area contributed by atoms with Gasteiger partial charge in [0.25, 0.3) is 5.91 Å². The summed E-state index contributed by atoms with van der Waals surface area (Å²) in [7, 11) is 0. The summed E-state index contributed by atoms with van der Waals surface area (Å²) in [5.74, 6) is 0.383. The number of hydrogen-bond donors (Lipinski definition) is 1. The van der Waals surface area contributed by atoms with Gasteiger partial charge in [0, 0.05) is 49.2 Å². The number of rotatable bonds is 9. The fourth-order valence-corrected chi connectivity index (χ4v) is 4.78. The Labute approximate surface area is 212 Å². The van der Waals surface area contributed by atoms with E-state index in [1.54, 1.807) is 4.90 Å². The van der Waals surface area contributed by atoms with Crippen molar-refractivity contribution in [2.45, 2.75) is 53.0 Å². The monoisotopic (exact) mass is 486 g/mol. The molecule has 4 rings (SSSR count). The quantitative estimate of drug-likeness (QED) is 0.555. The predicted octanol–water partition coefficient (Wildman–Crippen LogP) is 4.71. The summed E-state index contributed by atoms with van der Waals surface area (Å²) in [6, 6.07) is 11.7. The summed E-state index contributed by atoms with van der Waals surface area (Å²) < 4.78 is 0. The van der Waals surface area contributed by atoms with Crippen molar-refractivity contribution in [3.63, 3.8) is 0 Å². The van der Waals surface area contributed by atoms with Gasteiger partial charge in [-0.15, -0.1) is 0 Å². The van der Waals surface area contributed by atoms with Crippen LogP contribution in [-0.4, -0.2) is 52.9 Å². The molecule has 0 aromatic heterocycles. The Kier molecular flexibility index (Phi) is 7.67. The van der Waals surface area contributed by atoms with E-state index in [1.165, 1.54) is 0 Å². The zero-order valence-corrected chi connectivity index (χ0v) is 21.3. The largest absolute Gasteiger partial charge is 0.387 e. The average molecular weight is 487 g/mol. The number of carbonyl (C=O) groups excluding carboxylic acids is 3. The van der Waals surface area contributed by atoms with E-state index in [0.29, 0.717) is 36.4 Å². The molecule has 2 N–H and O–H groups in total. The van der Waals surface area contributed by atoms with Gasteiger partial charge in [-0.3, -0.25) is 14.4 Å². The molecule has 0 fully saturated rings. The van der Waals surface area contributed by atoms with Crippen LogP contribution in [0.3, 0.4) is 0 Å². The fourth-order valence-electron chi connectivity index (χ4n) is 4.78. The molecule has 0 unspecified atom stereocenters. The predicted molar refractivity (Wildman–Crippen MR) is 143 cm³/mol. The van der Waals surface area contributed by atoms with Crippen LogP contribution in [0.5, 0.6) is 0 Å². The third-order valence-corrected chi connectivity index (χ3v) is 6.62. The highest BCUT2D eigenvalue weighted by atomic mass is 16.2. The molecule has 0 atom stereocenters. The molecule has 2 aliphatic rings. The molecule has 2 heterocycles. The van der Waals surface area contributed by atoms with Crippen molar-refractivity contribution >= 4 is 35.2 Å². The number of hydrogen-bond acceptors (Lipinski definition) is 5. The molecule has 2 amide bonds. The average Bonchev–Trinajstić information content (AvgIpc) is 3.06. The number of carbonyl (C=O) groups is 3. The molecule has 2 aromatic rings. The lowest BCUT2D eigenvalue weighted by atomic mass is 9.98. The van der Waals surface area contributed by atoms with Gasteiger partial charge in [0.05, 0.1) is 12.2 Å². The number of fused-ring (bicyclic) bond motifs is 2. The number of Topliss-reactive ketones (excluding diaryl/α,β-unsaturated/α-hetero) is 1. The van der Waals surface area contributed by atoms with Crippen molar-refractivity contribution in [3.8, 4) is 11.1 Å². The van der Waals surface area contributed by atoms with Crippen LogP contribution < -0.4 is 5.73 Å². The van der Waals surface area contributed by atoms with Crippen LogP contribution in [0.2, 0.25) is 0 Å². The summed E-state index contributed by atoms with van der Waals surface area (Å²) in [5, 5.41) is 0. The standard InChI is InChI=1S/C29H34N4O3/c1-4-11-32(12-5-2)28(35)22-14-21-8-7-20(15-26(21)31-27(30)16-22)19-9-10-25-23(13-19)17-33(29(25)36)18-24(34)6-3/h7-10,13-15H,4-6,11-12,16-18H2,1-3H3,(H2,30,31). The lowest BCUT2D eigenvalue weighted by Gasteiger charge is -2.22. The third kappa shape index (κ3) is 5.25. The molecule has 0 aliphatic carbocycles. The number of amides is 2. The summed E-state index contributed by atoms with van der Waals surface area (Å²) >= 11 is 0. The fraction of sp³-hybridized carbons (Fsp3) is 0.379. The molecule has 188 valence electrons. The Morgan fingerprint density at radius 2 is 1.72 bits per heavy atom. The van der Waals surface area contributed by atoms with Crippen molar-refractivity contribution in [3.05, 3.63) is 58.7 Å². The Bertz CT molecular complexity index is 1260. The molecule has 0 saturated heterocycles. The number of ketones is 1. The summed E-state index contributed by atoms with van der Waals surface area (Å²) in [5.41, 5.74) is 11.9. The summed E-state index contributed by atoms with van der Waals surface area (Å²) in [6.07, 6.45) is 4.46. The first-order chi connectivity index (χ1) is 17.3. The van der Waals surface area contributed by atoms with Gasteiger partial charge in [-0.05, 0) is 53.8 Å². The number of benzene rings is 2. The van der Waals surface area contributed by atoms with E-state index in [0.717, 1.165) is 53.9 Å². The van der Waals surface area contributed by atoms with Crippen molar-refractivity contribution in [1.29, 1.82) is 0 Å². The molecule has 0 radical (unpaired) electrons. The van der Waals surface area contributed by atoms with Gasteiger partial charge < -0.3 is 15.5 Å². The van der Waals surface area contributed by atoms with Crippen LogP contribution >= 0.6 is 0 Å². The molecule has 7 nitrogen and oxygen atoms in total. The van der Waals surface area contributed by atoms with Crippen molar-refractivity contribution in [1.82, 2.24) is 9.80 Å². The SMILES string of the molecule is CCCN(CCC)C(=O)C1=Cc2ccc(-c3ccc4c(c3)CN(CC(=O)CC)C4=O)cc2N=C(N)C1. The zero-order chi connectivity index (χ0) is 25.8. The maximum Gasteiger partial charge on any atom is 0.254 e. The Hall–Kier alpha value is -3.74. The van der Waals surface area contributed by atoms with Gasteiger partial charge in [-0.2, -0.15) is 0 Å². The number of aliphatic imine (C=N–C) groups is 1. The van der Waals surface area contributed by atoms with E-state index >= 15 is 0 Å². The van der Waals surface area contributed by atoms with Crippen molar-refractivity contribution in [2.24, 2.45) is 10.7 Å². The minimum absolute atomic E-state index is 0.0168. The molecule has 2 aromatic carbocycles. The van der Waals surface area contributed by atoms with Crippen LogP contribution in [-0.2, 0) is 16.1 Å². The van der Waals surface area contributed by atoms with Gasteiger partial charge in [0.1, 0.15) is 5.84 Å². The highest BCUT2D eigenvalue weighted by Crippen LogP contribution is 2.34. The number of nitrogens with zero attached hydrogens (tertiary/aromatic N) is 3. The molecule has 7 heteroatoms. The molecule has 0 saturated carbocycles. The minimum Gasteiger partial charge on any atom is -0.387 e. The highest BCUT2D eigenvalue weighted by molar-refractivity contribution is 6.06. The zero-order valence-electron chi connectivity index (χ0n) is 21.3. The van der Waals surface area contributed by atoms with Gasteiger partial charge >= 0.3 is 0 Å². The Morgan fingerprint density at radius 1 is 1.03 bits per heavy atom.